The minimum absolute atomic E-state index is 0.0916. The van der Waals surface area contributed by atoms with Gasteiger partial charge < -0.3 is 15.4 Å². The highest BCUT2D eigenvalue weighted by Crippen LogP contribution is 2.18. The summed E-state index contributed by atoms with van der Waals surface area (Å²) >= 11 is 6.08. The van der Waals surface area contributed by atoms with E-state index in [1.165, 1.54) is 0 Å². The monoisotopic (exact) mass is 360 g/mol. The van der Waals surface area contributed by atoms with Gasteiger partial charge in [0, 0.05) is 23.3 Å². The van der Waals surface area contributed by atoms with Crippen molar-refractivity contribution >= 4 is 23.2 Å². The number of nitrogens with one attached hydrogen (secondary N) is 2. The van der Waals surface area contributed by atoms with Crippen LogP contribution in [0.3, 0.4) is 0 Å². The number of anilines is 1. The third kappa shape index (κ3) is 7.06. The maximum atomic E-state index is 12.0. The zero-order valence-corrected chi connectivity index (χ0v) is 15.5. The van der Waals surface area contributed by atoms with Gasteiger partial charge in [-0.05, 0) is 36.1 Å². The first-order valence-electron chi connectivity index (χ1n) is 8.51. The van der Waals surface area contributed by atoms with Crippen LogP contribution in [0.5, 0.6) is 5.75 Å². The summed E-state index contributed by atoms with van der Waals surface area (Å²) in [6, 6.07) is 15.1. The highest BCUT2D eigenvalue weighted by Gasteiger charge is 2.04. The molecule has 0 saturated carbocycles. The lowest BCUT2D eigenvalue weighted by Gasteiger charge is -2.11. The highest BCUT2D eigenvalue weighted by atomic mass is 35.5. The molecule has 2 N–H and O–H groups in total. The third-order valence-electron chi connectivity index (χ3n) is 3.68. The quantitative estimate of drug-likeness (QED) is 0.692. The van der Waals surface area contributed by atoms with Crippen molar-refractivity contribution in [2.24, 2.45) is 5.92 Å². The summed E-state index contributed by atoms with van der Waals surface area (Å²) in [6.07, 6.45) is 1.02. The Morgan fingerprint density at radius 1 is 1.16 bits per heavy atom. The lowest BCUT2D eigenvalue weighted by molar-refractivity contribution is -0.119. The van der Waals surface area contributed by atoms with E-state index in [0.717, 1.165) is 23.4 Å². The van der Waals surface area contributed by atoms with Gasteiger partial charge in [0.2, 0.25) is 5.91 Å². The van der Waals surface area contributed by atoms with Crippen LogP contribution in [0.2, 0.25) is 5.02 Å². The second-order valence-corrected chi connectivity index (χ2v) is 6.69. The van der Waals surface area contributed by atoms with Crippen LogP contribution < -0.4 is 15.4 Å². The number of rotatable bonds is 9. The van der Waals surface area contributed by atoms with E-state index < -0.39 is 0 Å². The van der Waals surface area contributed by atoms with Crippen molar-refractivity contribution < 1.29 is 9.53 Å². The molecular weight excluding hydrogens is 336 g/mol. The molecule has 5 heteroatoms. The molecule has 0 aliphatic rings. The average Bonchev–Trinajstić information content (AvgIpc) is 2.59. The summed E-state index contributed by atoms with van der Waals surface area (Å²) < 4.78 is 5.73. The van der Waals surface area contributed by atoms with Crippen molar-refractivity contribution in [3.05, 3.63) is 59.1 Å². The number of carbonyl (C=O) groups is 1. The van der Waals surface area contributed by atoms with Crippen molar-refractivity contribution in [2.45, 2.75) is 26.8 Å². The van der Waals surface area contributed by atoms with Crippen LogP contribution >= 0.6 is 11.6 Å². The van der Waals surface area contributed by atoms with Gasteiger partial charge in [0.25, 0.3) is 0 Å². The molecular formula is C20H25ClN2O2. The van der Waals surface area contributed by atoms with Gasteiger partial charge in [0.1, 0.15) is 5.75 Å². The van der Waals surface area contributed by atoms with E-state index in [-0.39, 0.29) is 12.5 Å². The minimum Gasteiger partial charge on any atom is -0.494 e. The number of carbonyl (C=O) groups excluding carboxylic acids is 1. The third-order valence-corrected chi connectivity index (χ3v) is 4.05. The van der Waals surface area contributed by atoms with Crippen LogP contribution in [0, 0.1) is 5.92 Å². The zero-order chi connectivity index (χ0) is 18.1. The fourth-order valence-electron chi connectivity index (χ4n) is 2.19. The average molecular weight is 361 g/mol. The maximum absolute atomic E-state index is 12.0. The summed E-state index contributed by atoms with van der Waals surface area (Å²) in [5.41, 5.74) is 1.76. The van der Waals surface area contributed by atoms with E-state index in [0.29, 0.717) is 24.1 Å². The lowest BCUT2D eigenvalue weighted by Crippen LogP contribution is -2.29. The van der Waals surface area contributed by atoms with Crippen LogP contribution in [-0.2, 0) is 11.3 Å². The van der Waals surface area contributed by atoms with Gasteiger partial charge in [-0.1, -0.05) is 49.7 Å². The van der Waals surface area contributed by atoms with Gasteiger partial charge >= 0.3 is 0 Å². The van der Waals surface area contributed by atoms with E-state index in [1.54, 1.807) is 0 Å². The van der Waals surface area contributed by atoms with Gasteiger partial charge in [0.15, 0.2) is 0 Å². The van der Waals surface area contributed by atoms with Crippen LogP contribution in [-0.4, -0.2) is 19.1 Å². The van der Waals surface area contributed by atoms with Crippen molar-refractivity contribution in [1.29, 1.82) is 0 Å². The molecule has 2 aromatic rings. The van der Waals surface area contributed by atoms with Crippen molar-refractivity contribution in [1.82, 2.24) is 5.32 Å². The Hall–Kier alpha value is -2.20. The van der Waals surface area contributed by atoms with E-state index in [1.807, 2.05) is 48.5 Å². The van der Waals surface area contributed by atoms with Gasteiger partial charge in [-0.3, -0.25) is 4.79 Å². The van der Waals surface area contributed by atoms with Crippen molar-refractivity contribution in [3.8, 4) is 5.75 Å². The molecule has 0 aliphatic carbocycles. The fourth-order valence-corrected chi connectivity index (χ4v) is 2.39. The summed E-state index contributed by atoms with van der Waals surface area (Å²) in [4.78, 5) is 12.0. The summed E-state index contributed by atoms with van der Waals surface area (Å²) in [5, 5.41) is 6.62. The first-order chi connectivity index (χ1) is 12.0. The number of halogens is 1. The first kappa shape index (κ1) is 19.1. The minimum atomic E-state index is -0.0916. The van der Waals surface area contributed by atoms with Gasteiger partial charge in [-0.15, -0.1) is 0 Å². The molecule has 0 unspecified atom stereocenters. The van der Waals surface area contributed by atoms with E-state index in [9.17, 15) is 4.79 Å². The van der Waals surface area contributed by atoms with Gasteiger partial charge in [-0.25, -0.2) is 0 Å². The molecule has 4 nitrogen and oxygen atoms in total. The highest BCUT2D eigenvalue weighted by molar-refractivity contribution is 6.31. The second-order valence-electron chi connectivity index (χ2n) is 6.28. The molecule has 2 aromatic carbocycles. The molecule has 134 valence electrons. The Morgan fingerprint density at radius 2 is 1.96 bits per heavy atom. The Morgan fingerprint density at radius 3 is 2.72 bits per heavy atom. The SMILES string of the molecule is CC(C)CCOc1cccc(NCC(=O)NCc2ccccc2Cl)c1. The number of ether oxygens (including phenoxy) is 1. The topological polar surface area (TPSA) is 50.4 Å². The largest absolute Gasteiger partial charge is 0.494 e. The molecule has 0 radical (unpaired) electrons. The maximum Gasteiger partial charge on any atom is 0.239 e. The summed E-state index contributed by atoms with van der Waals surface area (Å²) in [5.74, 6) is 1.33. The fraction of sp³-hybridized carbons (Fsp3) is 0.350. The van der Waals surface area contributed by atoms with Crippen molar-refractivity contribution in [3.63, 3.8) is 0 Å². The molecule has 0 atom stereocenters. The van der Waals surface area contributed by atoms with E-state index in [2.05, 4.69) is 24.5 Å². The Kier molecular flexibility index (Phi) is 7.61. The summed E-state index contributed by atoms with van der Waals surface area (Å²) in [6.45, 7) is 5.64. The molecule has 0 bridgehead atoms. The molecule has 0 aromatic heterocycles. The Balaban J connectivity index is 1.76. The Labute approximate surface area is 154 Å². The predicted octanol–water partition coefficient (Wildman–Crippen LogP) is 4.49. The molecule has 0 heterocycles. The van der Waals surface area contributed by atoms with E-state index >= 15 is 0 Å². The van der Waals surface area contributed by atoms with Crippen LogP contribution in [0.1, 0.15) is 25.8 Å². The van der Waals surface area contributed by atoms with Crippen molar-refractivity contribution in [2.75, 3.05) is 18.5 Å². The first-order valence-corrected chi connectivity index (χ1v) is 8.89. The number of amides is 1. The van der Waals surface area contributed by atoms with Gasteiger partial charge in [-0.2, -0.15) is 0 Å². The normalized spacial score (nSPS) is 10.6. The van der Waals surface area contributed by atoms with Crippen LogP contribution in [0.25, 0.3) is 0 Å². The van der Waals surface area contributed by atoms with Gasteiger partial charge in [0.05, 0.1) is 13.2 Å². The second kappa shape index (κ2) is 9.94. The van der Waals surface area contributed by atoms with Crippen LogP contribution in [0.4, 0.5) is 5.69 Å². The lowest BCUT2D eigenvalue weighted by atomic mass is 10.1. The Bertz CT molecular complexity index is 689. The number of hydrogen-bond donors (Lipinski definition) is 2. The zero-order valence-electron chi connectivity index (χ0n) is 14.7. The number of hydrogen-bond acceptors (Lipinski definition) is 3. The predicted molar refractivity (Wildman–Crippen MR) is 103 cm³/mol. The smallest absolute Gasteiger partial charge is 0.239 e. The standard InChI is InChI=1S/C20H25ClN2O2/c1-15(2)10-11-25-18-8-5-7-17(12-18)22-14-20(24)23-13-16-6-3-4-9-19(16)21/h3-9,12,15,22H,10-11,13-14H2,1-2H3,(H,23,24). The molecule has 0 aliphatic heterocycles. The van der Waals surface area contributed by atoms with E-state index in [4.69, 9.17) is 16.3 Å². The molecule has 0 saturated heterocycles. The molecule has 0 fully saturated rings. The molecule has 2 rings (SSSR count). The summed E-state index contributed by atoms with van der Waals surface area (Å²) in [7, 11) is 0. The molecule has 1 amide bonds. The molecule has 25 heavy (non-hydrogen) atoms. The number of benzene rings is 2. The molecule has 0 spiro atoms. The van der Waals surface area contributed by atoms with Crippen LogP contribution in [0.15, 0.2) is 48.5 Å².